The fourth-order valence-electron chi connectivity index (χ4n) is 3.40. The van der Waals surface area contributed by atoms with Crippen molar-refractivity contribution in [3.8, 4) is 0 Å². The Morgan fingerprint density at radius 2 is 1.88 bits per heavy atom. The largest absolute Gasteiger partial charge is 0.338 e. The molecule has 0 saturated carbocycles. The molecule has 2 aromatic rings. The molecule has 1 amide bonds. The van der Waals surface area contributed by atoms with Gasteiger partial charge < -0.3 is 4.90 Å². The monoisotopic (exact) mass is 341 g/mol. The molecule has 1 unspecified atom stereocenters. The molecular weight excluding hydrogens is 318 g/mol. The number of piperidine rings is 1. The molecular formula is C19H23N3O3. The molecule has 0 radical (unpaired) electrons. The summed E-state index contributed by atoms with van der Waals surface area (Å²) in [5, 5.41) is 0. The minimum atomic E-state index is -0.461. The van der Waals surface area contributed by atoms with Crippen LogP contribution in [0.1, 0.15) is 24.8 Å². The fraction of sp³-hybridized carbons (Fsp3) is 0.421. The lowest BCUT2D eigenvalue weighted by molar-refractivity contribution is -0.135. The number of carbonyl (C=O) groups excluding carboxylic acids is 1. The predicted molar refractivity (Wildman–Crippen MR) is 95.4 cm³/mol. The minimum Gasteiger partial charge on any atom is -0.338 e. The molecule has 1 fully saturated rings. The topological polar surface area (TPSA) is 64.3 Å². The number of aromatic nitrogens is 2. The van der Waals surface area contributed by atoms with Gasteiger partial charge in [0.05, 0.1) is 0 Å². The number of benzene rings is 1. The standard InChI is InChI=1S/C19H23N3O3/c1-20-17(23)10-12-21(19(20)25)14-18(24)22-11-6-5-9-16(22)13-15-7-3-2-4-8-15/h2-4,7-8,10,12,16H,5-6,9,11,13-14H2,1H3. The Hall–Kier alpha value is -2.63. The molecule has 1 aliphatic rings. The predicted octanol–water partition coefficient (Wildman–Crippen LogP) is 1.17. The van der Waals surface area contributed by atoms with Gasteiger partial charge in [0.2, 0.25) is 5.91 Å². The first-order valence-corrected chi connectivity index (χ1v) is 8.66. The van der Waals surface area contributed by atoms with Gasteiger partial charge >= 0.3 is 5.69 Å². The summed E-state index contributed by atoms with van der Waals surface area (Å²) in [6.45, 7) is 0.690. The molecule has 132 valence electrons. The number of amides is 1. The van der Waals surface area contributed by atoms with Crippen molar-refractivity contribution in [1.82, 2.24) is 14.0 Å². The van der Waals surface area contributed by atoms with Crippen LogP contribution in [0.3, 0.4) is 0 Å². The van der Waals surface area contributed by atoms with Crippen LogP contribution in [0.5, 0.6) is 0 Å². The summed E-state index contributed by atoms with van der Waals surface area (Å²) in [4.78, 5) is 38.3. The van der Waals surface area contributed by atoms with Crippen LogP contribution in [0.4, 0.5) is 0 Å². The molecule has 0 aliphatic carbocycles. The number of rotatable bonds is 4. The Morgan fingerprint density at radius 3 is 2.64 bits per heavy atom. The first-order valence-electron chi connectivity index (χ1n) is 8.66. The van der Waals surface area contributed by atoms with Gasteiger partial charge in [0, 0.05) is 31.9 Å². The van der Waals surface area contributed by atoms with Crippen LogP contribution >= 0.6 is 0 Å². The summed E-state index contributed by atoms with van der Waals surface area (Å²) < 4.78 is 2.32. The van der Waals surface area contributed by atoms with Crippen LogP contribution < -0.4 is 11.2 Å². The van der Waals surface area contributed by atoms with E-state index in [0.717, 1.165) is 36.8 Å². The second-order valence-corrected chi connectivity index (χ2v) is 6.55. The maximum absolute atomic E-state index is 12.8. The highest BCUT2D eigenvalue weighted by Crippen LogP contribution is 2.21. The van der Waals surface area contributed by atoms with Gasteiger partial charge in [-0.2, -0.15) is 0 Å². The van der Waals surface area contributed by atoms with Crippen LogP contribution in [0.15, 0.2) is 52.2 Å². The first kappa shape index (κ1) is 17.2. The Bertz CT molecular complexity index is 854. The molecule has 0 N–H and O–H groups in total. The van der Waals surface area contributed by atoms with E-state index in [0.29, 0.717) is 0 Å². The summed E-state index contributed by atoms with van der Waals surface area (Å²) in [7, 11) is 1.42. The average Bonchev–Trinajstić information content (AvgIpc) is 2.63. The van der Waals surface area contributed by atoms with Gasteiger partial charge in [0.15, 0.2) is 0 Å². The van der Waals surface area contributed by atoms with E-state index in [1.54, 1.807) is 0 Å². The molecule has 2 heterocycles. The molecule has 0 bridgehead atoms. The quantitative estimate of drug-likeness (QED) is 0.839. The van der Waals surface area contributed by atoms with E-state index in [1.807, 2.05) is 23.1 Å². The van der Waals surface area contributed by atoms with Gasteiger partial charge in [-0.15, -0.1) is 0 Å². The first-order chi connectivity index (χ1) is 12.1. The number of nitrogens with zero attached hydrogens (tertiary/aromatic N) is 3. The number of hydrogen-bond acceptors (Lipinski definition) is 3. The number of hydrogen-bond donors (Lipinski definition) is 0. The van der Waals surface area contributed by atoms with E-state index in [2.05, 4.69) is 12.1 Å². The Balaban J connectivity index is 1.76. The molecule has 1 aromatic heterocycles. The molecule has 3 rings (SSSR count). The SMILES string of the molecule is Cn1c(=O)ccn(CC(=O)N2CCCCC2Cc2ccccc2)c1=O. The number of likely N-dealkylation sites (tertiary alicyclic amines) is 1. The van der Waals surface area contributed by atoms with E-state index in [-0.39, 0.29) is 24.1 Å². The summed E-state index contributed by atoms with van der Waals surface area (Å²) in [5.74, 6) is -0.0682. The zero-order chi connectivity index (χ0) is 17.8. The summed E-state index contributed by atoms with van der Waals surface area (Å²) in [6, 6.07) is 11.6. The molecule has 1 aliphatic heterocycles. The molecule has 6 heteroatoms. The van der Waals surface area contributed by atoms with Crippen molar-refractivity contribution in [1.29, 1.82) is 0 Å². The molecule has 1 atom stereocenters. The summed E-state index contributed by atoms with van der Waals surface area (Å²) >= 11 is 0. The van der Waals surface area contributed by atoms with Crippen LogP contribution in [0.25, 0.3) is 0 Å². The number of carbonyl (C=O) groups is 1. The van der Waals surface area contributed by atoms with Crippen LogP contribution in [-0.4, -0.2) is 32.5 Å². The summed E-state index contributed by atoms with van der Waals surface area (Å²) in [6.07, 6.45) is 5.30. The lowest BCUT2D eigenvalue weighted by Crippen LogP contribution is -2.48. The molecule has 1 saturated heterocycles. The maximum Gasteiger partial charge on any atom is 0.331 e. The third kappa shape index (κ3) is 3.90. The van der Waals surface area contributed by atoms with Gasteiger partial charge in [0.25, 0.3) is 5.56 Å². The molecule has 1 aromatic carbocycles. The smallest absolute Gasteiger partial charge is 0.331 e. The van der Waals surface area contributed by atoms with Gasteiger partial charge in [-0.25, -0.2) is 4.79 Å². The molecule has 0 spiro atoms. The van der Waals surface area contributed by atoms with E-state index in [4.69, 9.17) is 0 Å². The fourth-order valence-corrected chi connectivity index (χ4v) is 3.40. The second-order valence-electron chi connectivity index (χ2n) is 6.55. The normalized spacial score (nSPS) is 17.5. The minimum absolute atomic E-state index is 0.0295. The van der Waals surface area contributed by atoms with Crippen molar-refractivity contribution in [3.05, 3.63) is 69.0 Å². The average molecular weight is 341 g/mol. The third-order valence-corrected chi connectivity index (χ3v) is 4.83. The lowest BCUT2D eigenvalue weighted by atomic mass is 9.95. The van der Waals surface area contributed by atoms with Gasteiger partial charge in [-0.3, -0.25) is 18.7 Å². The highest BCUT2D eigenvalue weighted by molar-refractivity contribution is 5.76. The van der Waals surface area contributed by atoms with Crippen LogP contribution in [0.2, 0.25) is 0 Å². The van der Waals surface area contributed by atoms with E-state index >= 15 is 0 Å². The zero-order valence-corrected chi connectivity index (χ0v) is 14.4. The third-order valence-electron chi connectivity index (χ3n) is 4.83. The highest BCUT2D eigenvalue weighted by atomic mass is 16.2. The van der Waals surface area contributed by atoms with Gasteiger partial charge in [-0.05, 0) is 31.2 Å². The van der Waals surface area contributed by atoms with E-state index in [9.17, 15) is 14.4 Å². The van der Waals surface area contributed by atoms with Gasteiger partial charge in [-0.1, -0.05) is 30.3 Å². The lowest BCUT2D eigenvalue weighted by Gasteiger charge is -2.36. The Morgan fingerprint density at radius 1 is 1.12 bits per heavy atom. The van der Waals surface area contributed by atoms with Crippen molar-refractivity contribution < 1.29 is 4.79 Å². The Kier molecular flexibility index (Phi) is 5.16. The zero-order valence-electron chi connectivity index (χ0n) is 14.4. The van der Waals surface area contributed by atoms with Crippen LogP contribution in [-0.2, 0) is 24.8 Å². The van der Waals surface area contributed by atoms with Gasteiger partial charge in [0.1, 0.15) is 6.54 Å². The Labute approximate surface area is 146 Å². The van der Waals surface area contributed by atoms with Crippen molar-refractivity contribution in [2.45, 2.75) is 38.3 Å². The summed E-state index contributed by atoms with van der Waals surface area (Å²) in [5.41, 5.74) is 0.387. The van der Waals surface area contributed by atoms with Crippen LogP contribution in [0, 0.1) is 0 Å². The van der Waals surface area contributed by atoms with E-state index in [1.165, 1.54) is 29.4 Å². The second kappa shape index (κ2) is 7.51. The maximum atomic E-state index is 12.8. The molecule has 25 heavy (non-hydrogen) atoms. The van der Waals surface area contributed by atoms with Crippen molar-refractivity contribution >= 4 is 5.91 Å². The highest BCUT2D eigenvalue weighted by Gasteiger charge is 2.27. The molecule has 6 nitrogen and oxygen atoms in total. The van der Waals surface area contributed by atoms with Crippen molar-refractivity contribution in [2.75, 3.05) is 6.54 Å². The van der Waals surface area contributed by atoms with Crippen molar-refractivity contribution in [3.63, 3.8) is 0 Å². The van der Waals surface area contributed by atoms with E-state index < -0.39 is 5.69 Å². The van der Waals surface area contributed by atoms with Crippen molar-refractivity contribution in [2.24, 2.45) is 7.05 Å².